The Bertz CT molecular complexity index is 445. The Hall–Kier alpha value is -2.16. The Morgan fingerprint density at radius 1 is 1.47 bits per heavy atom. The first-order valence-corrected chi connectivity index (χ1v) is 5.64. The number of aryl methyl sites for hydroxylation is 1. The van der Waals surface area contributed by atoms with Gasteiger partial charge >= 0.3 is 12.0 Å². The topological polar surface area (TPSA) is 138 Å². The molecule has 2 atom stereocenters. The number of amides is 2. The van der Waals surface area contributed by atoms with Gasteiger partial charge in [-0.15, -0.1) is 0 Å². The van der Waals surface area contributed by atoms with Crippen LogP contribution in [0, 0.1) is 6.92 Å². The smallest absolute Gasteiger partial charge is 0.328 e. The highest BCUT2D eigenvalue weighted by Gasteiger charge is 2.24. The molecule has 2 amide bonds. The number of carbonyl (C=O) groups is 2. The Morgan fingerprint density at radius 3 is 2.63 bits per heavy atom. The van der Waals surface area contributed by atoms with Crippen LogP contribution in [-0.2, 0) is 11.2 Å². The summed E-state index contributed by atoms with van der Waals surface area (Å²) in [6.45, 7) is 3.16. The number of aromatic nitrogens is 2. The van der Waals surface area contributed by atoms with Crippen molar-refractivity contribution < 1.29 is 24.3 Å². The number of hydrogen-bond donors (Lipinski definition) is 4. The van der Waals surface area contributed by atoms with E-state index in [0.717, 1.165) is 0 Å². The lowest BCUT2D eigenvalue weighted by atomic mass is 10.2. The average molecular weight is 272 g/mol. The fourth-order valence-electron chi connectivity index (χ4n) is 1.31. The lowest BCUT2D eigenvalue weighted by molar-refractivity contribution is -0.141. The van der Waals surface area contributed by atoms with E-state index in [1.165, 1.54) is 6.92 Å². The van der Waals surface area contributed by atoms with Crippen molar-refractivity contribution in [2.45, 2.75) is 32.4 Å². The number of carboxylic acids is 1. The van der Waals surface area contributed by atoms with Crippen LogP contribution in [0.1, 0.15) is 18.6 Å². The molecule has 0 aromatic carbocycles. The lowest BCUT2D eigenvalue weighted by Gasteiger charge is -2.17. The molecule has 1 aromatic heterocycles. The molecule has 0 unspecified atom stereocenters. The van der Waals surface area contributed by atoms with Gasteiger partial charge in [0, 0.05) is 13.0 Å². The molecule has 9 heteroatoms. The predicted molar refractivity (Wildman–Crippen MR) is 62.4 cm³/mol. The summed E-state index contributed by atoms with van der Waals surface area (Å²) < 4.78 is 4.84. The summed E-state index contributed by atoms with van der Waals surface area (Å²) in [5, 5.41) is 26.1. The largest absolute Gasteiger partial charge is 0.480 e. The number of nitrogens with zero attached hydrogens (tertiary/aromatic N) is 2. The van der Waals surface area contributed by atoms with Gasteiger partial charge in [-0.2, -0.15) is 4.98 Å². The van der Waals surface area contributed by atoms with E-state index in [4.69, 9.17) is 9.63 Å². The van der Waals surface area contributed by atoms with Crippen LogP contribution in [0.5, 0.6) is 0 Å². The lowest BCUT2D eigenvalue weighted by Crippen LogP contribution is -2.51. The van der Waals surface area contributed by atoms with E-state index in [-0.39, 0.29) is 6.54 Å². The van der Waals surface area contributed by atoms with E-state index in [9.17, 15) is 14.7 Å². The van der Waals surface area contributed by atoms with Gasteiger partial charge in [0.15, 0.2) is 11.9 Å². The Balaban J connectivity index is 2.33. The molecule has 1 rings (SSSR count). The quantitative estimate of drug-likeness (QED) is 0.524. The van der Waals surface area contributed by atoms with E-state index in [0.29, 0.717) is 18.1 Å². The van der Waals surface area contributed by atoms with E-state index < -0.39 is 24.1 Å². The second kappa shape index (κ2) is 6.69. The SMILES string of the molecule is Cc1noc(CCNC(=O)N[C@H](C(=O)O)[C@@H](C)O)n1. The predicted octanol–water partition coefficient (Wildman–Crippen LogP) is -0.946. The maximum absolute atomic E-state index is 11.4. The van der Waals surface area contributed by atoms with Gasteiger partial charge in [0.1, 0.15) is 0 Å². The van der Waals surface area contributed by atoms with Crippen molar-refractivity contribution in [3.8, 4) is 0 Å². The molecule has 0 fully saturated rings. The zero-order valence-corrected chi connectivity index (χ0v) is 10.6. The zero-order valence-electron chi connectivity index (χ0n) is 10.6. The van der Waals surface area contributed by atoms with Gasteiger partial charge in [-0.05, 0) is 13.8 Å². The van der Waals surface area contributed by atoms with Gasteiger partial charge in [-0.3, -0.25) is 0 Å². The fourth-order valence-corrected chi connectivity index (χ4v) is 1.31. The molecule has 19 heavy (non-hydrogen) atoms. The molecule has 0 saturated heterocycles. The molecule has 1 aromatic rings. The third kappa shape index (κ3) is 4.92. The summed E-state index contributed by atoms with van der Waals surface area (Å²) in [5.41, 5.74) is 0. The third-order valence-corrected chi connectivity index (χ3v) is 2.23. The van der Waals surface area contributed by atoms with Crippen LogP contribution >= 0.6 is 0 Å². The minimum atomic E-state index is -1.36. The van der Waals surface area contributed by atoms with Crippen LogP contribution in [0.2, 0.25) is 0 Å². The van der Waals surface area contributed by atoms with Crippen LogP contribution in [0.15, 0.2) is 4.52 Å². The number of aliphatic hydroxyl groups excluding tert-OH is 1. The van der Waals surface area contributed by atoms with E-state index in [1.54, 1.807) is 6.92 Å². The molecule has 0 spiro atoms. The molecule has 9 nitrogen and oxygen atoms in total. The third-order valence-electron chi connectivity index (χ3n) is 2.23. The van der Waals surface area contributed by atoms with Gasteiger partial charge in [0.25, 0.3) is 0 Å². The average Bonchev–Trinajstić information content (AvgIpc) is 2.71. The normalized spacial score (nSPS) is 13.6. The number of aliphatic carboxylic acids is 1. The number of aliphatic hydroxyl groups is 1. The van der Waals surface area contributed by atoms with Crippen LogP contribution in [0.25, 0.3) is 0 Å². The summed E-state index contributed by atoms with van der Waals surface area (Å²) in [6.07, 6.45) is -0.859. The van der Waals surface area contributed by atoms with Crippen molar-refractivity contribution in [1.82, 2.24) is 20.8 Å². The number of urea groups is 1. The maximum Gasteiger partial charge on any atom is 0.328 e. The summed E-state index contributed by atoms with van der Waals surface area (Å²) in [7, 11) is 0. The first-order chi connectivity index (χ1) is 8.90. The number of nitrogens with one attached hydrogen (secondary N) is 2. The van der Waals surface area contributed by atoms with E-state index >= 15 is 0 Å². The summed E-state index contributed by atoms with van der Waals surface area (Å²) >= 11 is 0. The number of carbonyl (C=O) groups excluding carboxylic acids is 1. The molecule has 0 bridgehead atoms. The van der Waals surface area contributed by atoms with Crippen molar-refractivity contribution in [2.75, 3.05) is 6.54 Å². The van der Waals surface area contributed by atoms with Gasteiger partial charge in [0.05, 0.1) is 6.10 Å². The van der Waals surface area contributed by atoms with Crippen molar-refractivity contribution in [3.63, 3.8) is 0 Å². The van der Waals surface area contributed by atoms with Crippen LogP contribution in [0.3, 0.4) is 0 Å². The van der Waals surface area contributed by atoms with Gasteiger partial charge < -0.3 is 25.4 Å². The molecule has 0 aliphatic carbocycles. The first-order valence-electron chi connectivity index (χ1n) is 5.64. The maximum atomic E-state index is 11.4. The van der Waals surface area contributed by atoms with Crippen molar-refractivity contribution >= 4 is 12.0 Å². The van der Waals surface area contributed by atoms with Crippen LogP contribution in [-0.4, -0.2) is 51.0 Å². The highest BCUT2D eigenvalue weighted by atomic mass is 16.5. The number of hydrogen-bond acceptors (Lipinski definition) is 6. The summed E-state index contributed by atoms with van der Waals surface area (Å²) in [4.78, 5) is 26.1. The molecule has 0 aliphatic heterocycles. The van der Waals surface area contributed by atoms with Gasteiger partial charge in [-0.1, -0.05) is 5.16 Å². The first kappa shape index (κ1) is 14.9. The van der Waals surface area contributed by atoms with Crippen LogP contribution in [0.4, 0.5) is 4.79 Å². The highest BCUT2D eigenvalue weighted by molar-refractivity contribution is 5.82. The molecule has 0 aliphatic rings. The van der Waals surface area contributed by atoms with Gasteiger partial charge in [-0.25, -0.2) is 9.59 Å². The number of carboxylic acid groups (broad SMARTS) is 1. The molecule has 4 N–H and O–H groups in total. The molecular weight excluding hydrogens is 256 g/mol. The van der Waals surface area contributed by atoms with E-state index in [2.05, 4.69) is 20.8 Å². The molecule has 106 valence electrons. The second-order valence-electron chi connectivity index (χ2n) is 3.94. The molecule has 0 radical (unpaired) electrons. The van der Waals surface area contributed by atoms with Crippen LogP contribution < -0.4 is 10.6 Å². The highest BCUT2D eigenvalue weighted by Crippen LogP contribution is 1.96. The van der Waals surface area contributed by atoms with Crippen molar-refractivity contribution in [1.29, 1.82) is 0 Å². The number of rotatable bonds is 6. The minimum Gasteiger partial charge on any atom is -0.480 e. The second-order valence-corrected chi connectivity index (χ2v) is 3.94. The van der Waals surface area contributed by atoms with E-state index in [1.807, 2.05) is 0 Å². The minimum absolute atomic E-state index is 0.208. The molecule has 1 heterocycles. The monoisotopic (exact) mass is 272 g/mol. The fraction of sp³-hybridized carbons (Fsp3) is 0.600. The molecule has 0 saturated carbocycles. The van der Waals surface area contributed by atoms with Crippen molar-refractivity contribution in [3.05, 3.63) is 11.7 Å². The Morgan fingerprint density at radius 2 is 2.16 bits per heavy atom. The standard InChI is InChI=1S/C10H16N4O5/c1-5(15)8(9(16)17)13-10(18)11-4-3-7-12-6(2)14-19-7/h5,8,15H,3-4H2,1-2H3,(H,16,17)(H2,11,13,18)/t5-,8+/m1/s1. The Kier molecular flexibility index (Phi) is 5.24. The summed E-state index contributed by atoms with van der Waals surface area (Å²) in [5.74, 6) is -0.430. The Labute approximate surface area is 109 Å². The summed E-state index contributed by atoms with van der Waals surface area (Å²) in [6, 6.07) is -2.05. The molecular formula is C10H16N4O5. The zero-order chi connectivity index (χ0) is 14.4. The van der Waals surface area contributed by atoms with Gasteiger partial charge in [0.2, 0.25) is 5.89 Å². The van der Waals surface area contributed by atoms with Crippen molar-refractivity contribution in [2.24, 2.45) is 0 Å².